The summed E-state index contributed by atoms with van der Waals surface area (Å²) in [6.07, 6.45) is -1.32. The number of carbonyl (C=O) groups excluding carboxylic acids is 1. The topological polar surface area (TPSA) is 35.6 Å². The summed E-state index contributed by atoms with van der Waals surface area (Å²) in [5.74, 6) is -5.25. The van der Waals surface area contributed by atoms with Crippen molar-refractivity contribution in [2.24, 2.45) is 23.7 Å². The van der Waals surface area contributed by atoms with Crippen LogP contribution in [-0.2, 0) is 4.79 Å². The maximum atomic E-state index is 13.6. The number of rotatable bonds is 6. The molecule has 1 aliphatic heterocycles. The van der Waals surface area contributed by atoms with Crippen molar-refractivity contribution in [3.8, 4) is 0 Å². The van der Waals surface area contributed by atoms with Crippen LogP contribution in [0.4, 0.5) is 26.3 Å². The Bertz CT molecular complexity index is 745. The number of alkyl halides is 7. The summed E-state index contributed by atoms with van der Waals surface area (Å²) in [6, 6.07) is 0.0785. The van der Waals surface area contributed by atoms with E-state index in [1.54, 1.807) is 0 Å². The van der Waals surface area contributed by atoms with Crippen molar-refractivity contribution in [3.63, 3.8) is 0 Å². The van der Waals surface area contributed by atoms with Crippen LogP contribution >= 0.6 is 11.6 Å². The zero-order chi connectivity index (χ0) is 27.5. The van der Waals surface area contributed by atoms with Gasteiger partial charge in [0, 0.05) is 44.1 Å². The molecule has 0 aromatic rings. The van der Waals surface area contributed by atoms with E-state index in [4.69, 9.17) is 11.6 Å². The zero-order valence-electron chi connectivity index (χ0n) is 22.0. The Morgan fingerprint density at radius 2 is 1.34 bits per heavy atom. The van der Waals surface area contributed by atoms with E-state index >= 15 is 0 Å². The van der Waals surface area contributed by atoms with Crippen LogP contribution in [0.5, 0.6) is 0 Å². The van der Waals surface area contributed by atoms with Crippen LogP contribution in [0.3, 0.4) is 0 Å². The van der Waals surface area contributed by atoms with Gasteiger partial charge in [-0.15, -0.1) is 11.6 Å². The molecule has 5 unspecified atom stereocenters. The fraction of sp³-hybridized carbons (Fsp3) is 0.963. The van der Waals surface area contributed by atoms with Crippen LogP contribution in [0, 0.1) is 23.7 Å². The number of hydrogen-bond donors (Lipinski definition) is 1. The van der Waals surface area contributed by atoms with E-state index in [-0.39, 0.29) is 36.6 Å². The molecule has 38 heavy (non-hydrogen) atoms. The molecule has 3 aliphatic carbocycles. The highest BCUT2D eigenvalue weighted by Crippen LogP contribution is 2.47. The second-order valence-corrected chi connectivity index (χ2v) is 12.6. The Kier molecular flexibility index (Phi) is 10.2. The molecular formula is C27H42ClF6N3O. The summed E-state index contributed by atoms with van der Waals surface area (Å²) in [5, 5.41) is 2.63. The Labute approximate surface area is 227 Å². The third-order valence-electron chi connectivity index (χ3n) is 9.53. The highest BCUT2D eigenvalue weighted by atomic mass is 35.5. The number of piperazine rings is 1. The molecule has 5 atom stereocenters. The summed E-state index contributed by atoms with van der Waals surface area (Å²) in [7, 11) is 0. The quantitative estimate of drug-likeness (QED) is 0.296. The molecule has 0 radical (unpaired) electrons. The van der Waals surface area contributed by atoms with Crippen molar-refractivity contribution in [2.45, 2.75) is 107 Å². The molecule has 4 nitrogen and oxygen atoms in total. The average Bonchev–Trinajstić information content (AvgIpc) is 2.88. The predicted octanol–water partition coefficient (Wildman–Crippen LogP) is 6.38. The van der Waals surface area contributed by atoms with Crippen LogP contribution in [-0.4, -0.2) is 78.2 Å². The van der Waals surface area contributed by atoms with Gasteiger partial charge in [-0.3, -0.25) is 14.6 Å². The molecule has 0 bridgehead atoms. The van der Waals surface area contributed by atoms with Gasteiger partial charge in [0.1, 0.15) is 0 Å². The summed E-state index contributed by atoms with van der Waals surface area (Å²) >= 11 is 6.71. The SMILES string of the molecule is O=C(NCC1CC(C(F)(F)F)CC(C(F)(F)F)C1)C(C1CCCCC1Cl)N1CCN(C2CCCCC2)CC1. The number of halogens is 7. The fourth-order valence-corrected chi connectivity index (χ4v) is 7.83. The number of nitrogens with zero attached hydrogens (tertiary/aromatic N) is 2. The van der Waals surface area contributed by atoms with Gasteiger partial charge in [0.05, 0.1) is 17.9 Å². The van der Waals surface area contributed by atoms with E-state index in [1.165, 1.54) is 32.1 Å². The normalized spacial score (nSPS) is 34.1. The van der Waals surface area contributed by atoms with Crippen LogP contribution in [0.15, 0.2) is 0 Å². The van der Waals surface area contributed by atoms with Crippen molar-refractivity contribution in [1.82, 2.24) is 15.1 Å². The number of hydrogen-bond acceptors (Lipinski definition) is 3. The molecule has 1 amide bonds. The Balaban J connectivity index is 1.41. The third-order valence-corrected chi connectivity index (χ3v) is 10.1. The van der Waals surface area contributed by atoms with Gasteiger partial charge in [-0.1, -0.05) is 32.1 Å². The maximum absolute atomic E-state index is 13.6. The van der Waals surface area contributed by atoms with Gasteiger partial charge in [0.2, 0.25) is 5.91 Å². The first-order chi connectivity index (χ1) is 17.9. The molecule has 4 rings (SSSR count). The summed E-state index contributed by atoms with van der Waals surface area (Å²) in [6.45, 7) is 2.97. The summed E-state index contributed by atoms with van der Waals surface area (Å²) in [4.78, 5) is 18.3. The molecule has 220 valence electrons. The van der Waals surface area contributed by atoms with E-state index in [2.05, 4.69) is 15.1 Å². The van der Waals surface area contributed by atoms with Crippen LogP contribution in [0.2, 0.25) is 0 Å². The first-order valence-electron chi connectivity index (χ1n) is 14.5. The monoisotopic (exact) mass is 573 g/mol. The summed E-state index contributed by atoms with van der Waals surface area (Å²) < 4.78 is 80.5. The molecule has 0 aromatic heterocycles. The minimum Gasteiger partial charge on any atom is -0.354 e. The maximum Gasteiger partial charge on any atom is 0.391 e. The van der Waals surface area contributed by atoms with Gasteiger partial charge in [-0.05, 0) is 56.8 Å². The highest BCUT2D eigenvalue weighted by Gasteiger charge is 2.52. The zero-order valence-corrected chi connectivity index (χ0v) is 22.8. The number of nitrogens with one attached hydrogen (secondary N) is 1. The summed E-state index contributed by atoms with van der Waals surface area (Å²) in [5.41, 5.74) is 0. The Hall–Kier alpha value is -0.740. The van der Waals surface area contributed by atoms with E-state index in [1.807, 2.05) is 0 Å². The molecule has 11 heteroatoms. The van der Waals surface area contributed by atoms with Gasteiger partial charge in [-0.25, -0.2) is 0 Å². The highest BCUT2D eigenvalue weighted by molar-refractivity contribution is 6.21. The molecule has 0 aromatic carbocycles. The lowest BCUT2D eigenvalue weighted by Crippen LogP contribution is -2.60. The van der Waals surface area contributed by atoms with Crippen molar-refractivity contribution in [3.05, 3.63) is 0 Å². The number of carbonyl (C=O) groups is 1. The third kappa shape index (κ3) is 7.71. The van der Waals surface area contributed by atoms with Gasteiger partial charge < -0.3 is 5.32 Å². The Morgan fingerprint density at radius 1 is 0.789 bits per heavy atom. The van der Waals surface area contributed by atoms with Crippen molar-refractivity contribution < 1.29 is 31.1 Å². The fourth-order valence-electron chi connectivity index (χ4n) is 7.42. The lowest BCUT2D eigenvalue weighted by molar-refractivity contribution is -0.228. The van der Waals surface area contributed by atoms with Gasteiger partial charge in [0.15, 0.2) is 0 Å². The first kappa shape index (κ1) is 30.2. The van der Waals surface area contributed by atoms with E-state index in [9.17, 15) is 31.1 Å². The van der Waals surface area contributed by atoms with E-state index in [0.29, 0.717) is 19.1 Å². The number of amides is 1. The van der Waals surface area contributed by atoms with Crippen LogP contribution in [0.25, 0.3) is 0 Å². The van der Waals surface area contributed by atoms with E-state index < -0.39 is 42.6 Å². The van der Waals surface area contributed by atoms with Crippen molar-refractivity contribution >= 4 is 17.5 Å². The minimum atomic E-state index is -4.68. The molecular weight excluding hydrogens is 532 g/mol. The van der Waals surface area contributed by atoms with E-state index in [0.717, 1.165) is 38.8 Å². The average molecular weight is 574 g/mol. The van der Waals surface area contributed by atoms with Crippen LogP contribution in [0.1, 0.15) is 77.0 Å². The first-order valence-corrected chi connectivity index (χ1v) is 14.9. The molecule has 4 aliphatic rings. The van der Waals surface area contributed by atoms with Gasteiger partial charge >= 0.3 is 12.4 Å². The molecule has 4 fully saturated rings. The van der Waals surface area contributed by atoms with Crippen molar-refractivity contribution in [1.29, 1.82) is 0 Å². The molecule has 1 heterocycles. The van der Waals surface area contributed by atoms with Gasteiger partial charge in [0.25, 0.3) is 0 Å². The molecule has 1 N–H and O–H groups in total. The smallest absolute Gasteiger partial charge is 0.354 e. The lowest BCUT2D eigenvalue weighted by atomic mass is 9.74. The lowest BCUT2D eigenvalue weighted by Gasteiger charge is -2.46. The predicted molar refractivity (Wildman–Crippen MR) is 135 cm³/mol. The van der Waals surface area contributed by atoms with Gasteiger partial charge in [-0.2, -0.15) is 26.3 Å². The largest absolute Gasteiger partial charge is 0.391 e. The standard InChI is InChI=1S/C27H42ClF6N3O/c28-23-9-5-4-8-22(23)24(37-12-10-36(11-13-37)21-6-2-1-3-7-21)25(38)35-17-18-14-19(26(29,30)31)16-20(15-18)27(32,33)34/h18-24H,1-17H2,(H,35,38). The Morgan fingerprint density at radius 3 is 1.89 bits per heavy atom. The second kappa shape index (κ2) is 12.8. The minimum absolute atomic E-state index is 0.0798. The molecule has 1 saturated heterocycles. The van der Waals surface area contributed by atoms with Crippen LogP contribution < -0.4 is 5.32 Å². The van der Waals surface area contributed by atoms with Crippen molar-refractivity contribution in [2.75, 3.05) is 32.7 Å². The molecule has 3 saturated carbocycles. The second-order valence-electron chi connectivity index (χ2n) is 12.1. The molecule has 0 spiro atoms.